The van der Waals surface area contributed by atoms with Crippen LogP contribution in [-0.4, -0.2) is 41.2 Å². The number of hydrogen-bond acceptors (Lipinski definition) is 4. The zero-order chi connectivity index (χ0) is 16.0. The third-order valence-corrected chi connectivity index (χ3v) is 2.82. The smallest absolute Gasteiger partial charge is 0.326 e. The molecule has 3 amide bonds. The van der Waals surface area contributed by atoms with E-state index < -0.39 is 23.9 Å². The number of carbonyl (C=O) groups excluding carboxylic acids is 2. The van der Waals surface area contributed by atoms with Gasteiger partial charge < -0.3 is 21.3 Å². The summed E-state index contributed by atoms with van der Waals surface area (Å²) < 4.78 is 0. The van der Waals surface area contributed by atoms with Crippen molar-refractivity contribution in [2.45, 2.75) is 18.9 Å². The average molecular weight is 295 g/mol. The van der Waals surface area contributed by atoms with Crippen LogP contribution in [-0.2, 0) is 9.59 Å². The normalized spacial score (nSPS) is 11.5. The molecule has 0 saturated carbocycles. The van der Waals surface area contributed by atoms with Crippen molar-refractivity contribution in [2.75, 3.05) is 11.9 Å². The van der Waals surface area contributed by atoms with Gasteiger partial charge >= 0.3 is 12.0 Å². The molecule has 0 aliphatic heterocycles. The summed E-state index contributed by atoms with van der Waals surface area (Å²) in [6.07, 6.45) is -0.222. The number of anilines is 1. The molecule has 21 heavy (non-hydrogen) atoms. The molecule has 0 aliphatic rings. The van der Waals surface area contributed by atoms with E-state index >= 15 is 0 Å². The second-order valence-corrected chi connectivity index (χ2v) is 4.42. The molecule has 5 N–H and O–H groups in total. The Balaban J connectivity index is 2.70. The number of aliphatic carboxylic acids is 1. The van der Waals surface area contributed by atoms with Gasteiger partial charge in [-0.25, -0.2) is 9.59 Å². The summed E-state index contributed by atoms with van der Waals surface area (Å²) in [7, 11) is 1.45. The largest absolute Gasteiger partial charge is 0.508 e. The molecule has 0 saturated heterocycles. The van der Waals surface area contributed by atoms with Crippen molar-refractivity contribution in [1.82, 2.24) is 5.32 Å². The zero-order valence-corrected chi connectivity index (χ0v) is 11.4. The molecule has 1 aromatic rings. The van der Waals surface area contributed by atoms with Crippen LogP contribution < -0.4 is 16.0 Å². The minimum Gasteiger partial charge on any atom is -0.508 e. The molecular formula is C13H17N3O5. The highest BCUT2D eigenvalue weighted by Gasteiger charge is 2.22. The number of phenolic OH excluding ortho intramolecular Hbond substituents is 1. The van der Waals surface area contributed by atoms with Crippen molar-refractivity contribution in [2.24, 2.45) is 5.73 Å². The van der Waals surface area contributed by atoms with Gasteiger partial charge in [0.15, 0.2) is 0 Å². The Morgan fingerprint density at radius 2 is 1.86 bits per heavy atom. The quantitative estimate of drug-likeness (QED) is 0.597. The van der Waals surface area contributed by atoms with Gasteiger partial charge in [-0.05, 0) is 30.7 Å². The van der Waals surface area contributed by atoms with E-state index in [1.807, 2.05) is 0 Å². The van der Waals surface area contributed by atoms with Gasteiger partial charge in [0.2, 0.25) is 5.91 Å². The van der Waals surface area contributed by atoms with E-state index in [0.29, 0.717) is 5.69 Å². The number of carboxylic acid groups (broad SMARTS) is 1. The van der Waals surface area contributed by atoms with Crippen LogP contribution in [0.5, 0.6) is 5.75 Å². The van der Waals surface area contributed by atoms with Gasteiger partial charge in [-0.15, -0.1) is 0 Å². The van der Waals surface area contributed by atoms with E-state index in [1.165, 1.54) is 36.2 Å². The number of phenols is 1. The first-order chi connectivity index (χ1) is 9.81. The molecule has 8 heteroatoms. The number of hydrogen-bond donors (Lipinski definition) is 4. The Labute approximate surface area is 121 Å². The number of carbonyl (C=O) groups is 3. The van der Waals surface area contributed by atoms with Crippen LogP contribution in [0, 0.1) is 0 Å². The maximum atomic E-state index is 12.0. The monoisotopic (exact) mass is 295 g/mol. The molecule has 0 aromatic heterocycles. The van der Waals surface area contributed by atoms with Crippen molar-refractivity contribution in [3.63, 3.8) is 0 Å². The second-order valence-electron chi connectivity index (χ2n) is 4.42. The summed E-state index contributed by atoms with van der Waals surface area (Å²) in [5.41, 5.74) is 5.43. The number of aromatic hydroxyl groups is 1. The van der Waals surface area contributed by atoms with Crippen molar-refractivity contribution in [3.8, 4) is 5.75 Å². The van der Waals surface area contributed by atoms with E-state index in [2.05, 4.69) is 5.32 Å². The van der Waals surface area contributed by atoms with Gasteiger partial charge in [-0.2, -0.15) is 0 Å². The fourth-order valence-corrected chi connectivity index (χ4v) is 1.58. The van der Waals surface area contributed by atoms with E-state index in [1.54, 1.807) is 0 Å². The maximum absolute atomic E-state index is 12.0. The highest BCUT2D eigenvalue weighted by molar-refractivity contribution is 5.94. The Hall–Kier alpha value is -2.77. The predicted molar refractivity (Wildman–Crippen MR) is 74.9 cm³/mol. The predicted octanol–water partition coefficient (Wildman–Crippen LogP) is 0.257. The van der Waals surface area contributed by atoms with Crippen LogP contribution in [0.4, 0.5) is 10.5 Å². The fraction of sp³-hybridized carbons (Fsp3) is 0.308. The minimum absolute atomic E-state index is 0.0532. The van der Waals surface area contributed by atoms with Crippen LogP contribution in [0.15, 0.2) is 24.3 Å². The minimum atomic E-state index is -1.25. The highest BCUT2D eigenvalue weighted by atomic mass is 16.4. The van der Waals surface area contributed by atoms with Crippen LogP contribution in [0.2, 0.25) is 0 Å². The van der Waals surface area contributed by atoms with Crippen LogP contribution in [0.3, 0.4) is 0 Å². The number of nitrogens with two attached hydrogens (primary N) is 1. The molecular weight excluding hydrogens is 278 g/mol. The van der Waals surface area contributed by atoms with Crippen molar-refractivity contribution >= 4 is 23.6 Å². The van der Waals surface area contributed by atoms with E-state index in [9.17, 15) is 19.5 Å². The van der Waals surface area contributed by atoms with Crippen LogP contribution in [0.1, 0.15) is 12.8 Å². The lowest BCUT2D eigenvalue weighted by Crippen LogP contribution is -2.47. The van der Waals surface area contributed by atoms with Gasteiger partial charge in [0.1, 0.15) is 11.8 Å². The summed E-state index contributed by atoms with van der Waals surface area (Å²) in [5.74, 6) is -1.83. The van der Waals surface area contributed by atoms with Gasteiger partial charge in [0, 0.05) is 19.2 Å². The molecule has 0 heterocycles. The van der Waals surface area contributed by atoms with Crippen LogP contribution >= 0.6 is 0 Å². The van der Waals surface area contributed by atoms with Gasteiger partial charge in [-0.3, -0.25) is 9.69 Å². The lowest BCUT2D eigenvalue weighted by atomic mass is 10.1. The molecule has 0 aliphatic carbocycles. The molecule has 0 fully saturated rings. The third kappa shape index (κ3) is 5.01. The number of amides is 3. The number of nitrogens with zero attached hydrogens (tertiary/aromatic N) is 1. The topological polar surface area (TPSA) is 133 Å². The molecule has 0 radical (unpaired) electrons. The van der Waals surface area contributed by atoms with Crippen molar-refractivity contribution in [1.29, 1.82) is 0 Å². The number of urea groups is 1. The Kier molecular flexibility index (Phi) is 5.53. The summed E-state index contributed by atoms with van der Waals surface area (Å²) in [6, 6.07) is 3.98. The molecule has 0 spiro atoms. The summed E-state index contributed by atoms with van der Waals surface area (Å²) >= 11 is 0. The average Bonchev–Trinajstić information content (AvgIpc) is 2.42. The van der Waals surface area contributed by atoms with Gasteiger partial charge in [0.05, 0.1) is 0 Å². The number of primary amides is 1. The van der Waals surface area contributed by atoms with Crippen molar-refractivity contribution < 1.29 is 24.6 Å². The van der Waals surface area contributed by atoms with Gasteiger partial charge in [0.25, 0.3) is 0 Å². The number of benzene rings is 1. The molecule has 114 valence electrons. The standard InChI is InChI=1S/C13H17N3O5/c1-16(8-2-4-9(17)5-3-8)13(21)15-10(12(19)20)6-7-11(14)18/h2-5,10,17H,6-7H2,1H3,(H2,14,18)(H,15,21)(H,19,20)/t10-/m0/s1. The lowest BCUT2D eigenvalue weighted by Gasteiger charge is -2.21. The molecule has 0 unspecified atom stereocenters. The Bertz CT molecular complexity index is 529. The zero-order valence-electron chi connectivity index (χ0n) is 11.4. The molecule has 0 bridgehead atoms. The summed E-state index contributed by atoms with van der Waals surface area (Å²) in [6.45, 7) is 0. The molecule has 1 aromatic carbocycles. The highest BCUT2D eigenvalue weighted by Crippen LogP contribution is 2.17. The number of carboxylic acids is 1. The first kappa shape index (κ1) is 16.3. The first-order valence-corrected chi connectivity index (χ1v) is 6.15. The lowest BCUT2D eigenvalue weighted by molar-refractivity contribution is -0.139. The van der Waals surface area contributed by atoms with Crippen LogP contribution in [0.25, 0.3) is 0 Å². The third-order valence-electron chi connectivity index (χ3n) is 2.82. The van der Waals surface area contributed by atoms with E-state index in [-0.39, 0.29) is 18.6 Å². The number of rotatable bonds is 6. The maximum Gasteiger partial charge on any atom is 0.326 e. The Morgan fingerprint density at radius 3 is 2.33 bits per heavy atom. The van der Waals surface area contributed by atoms with Crippen molar-refractivity contribution in [3.05, 3.63) is 24.3 Å². The van der Waals surface area contributed by atoms with Gasteiger partial charge in [-0.1, -0.05) is 0 Å². The molecule has 1 rings (SSSR count). The number of nitrogens with one attached hydrogen (secondary N) is 1. The SMILES string of the molecule is CN(C(=O)N[C@@H](CCC(N)=O)C(=O)O)c1ccc(O)cc1. The van der Waals surface area contributed by atoms with E-state index in [4.69, 9.17) is 10.8 Å². The second kappa shape index (κ2) is 7.13. The van der Waals surface area contributed by atoms with E-state index in [0.717, 1.165) is 0 Å². The molecule has 1 atom stereocenters. The first-order valence-electron chi connectivity index (χ1n) is 6.15. The molecule has 8 nitrogen and oxygen atoms in total. The summed E-state index contributed by atoms with van der Waals surface area (Å²) in [5, 5.41) is 20.5. The Morgan fingerprint density at radius 1 is 1.29 bits per heavy atom. The fourth-order valence-electron chi connectivity index (χ4n) is 1.58. The summed E-state index contributed by atoms with van der Waals surface area (Å²) in [4.78, 5) is 34.9.